The Kier molecular flexibility index (Phi) is 12.1. The zero-order valence-electron chi connectivity index (χ0n) is 21.2. The Morgan fingerprint density at radius 3 is 2.52 bits per heavy atom. The molecule has 186 valence electrons. The van der Waals surface area contributed by atoms with Crippen molar-refractivity contribution in [1.29, 1.82) is 0 Å². The lowest BCUT2D eigenvalue weighted by Gasteiger charge is -2.42. The fraction of sp³-hybridized carbons (Fsp3) is 0.731. The maximum absolute atomic E-state index is 12.6. The molecule has 6 nitrogen and oxygen atoms in total. The van der Waals surface area contributed by atoms with Crippen molar-refractivity contribution in [2.45, 2.75) is 97.6 Å². The number of hydrogen-bond acceptors (Lipinski definition) is 6. The molecule has 0 fully saturated rings. The minimum absolute atomic E-state index is 0.124. The number of carbonyl (C=O) groups is 1. The van der Waals surface area contributed by atoms with Crippen molar-refractivity contribution >= 4 is 23.3 Å². The molecule has 2 atom stereocenters. The summed E-state index contributed by atoms with van der Waals surface area (Å²) in [5.41, 5.74) is 2.83. The van der Waals surface area contributed by atoms with Crippen LogP contribution in [0.5, 0.6) is 5.88 Å². The first-order valence-electron chi connectivity index (χ1n) is 12.7. The monoisotopic (exact) mass is 478 g/mol. The van der Waals surface area contributed by atoms with Crippen LogP contribution in [0.2, 0.25) is 0 Å². The van der Waals surface area contributed by atoms with Crippen molar-refractivity contribution in [2.75, 3.05) is 26.7 Å². The van der Waals surface area contributed by atoms with Crippen molar-refractivity contribution in [3.8, 4) is 5.88 Å². The Labute approximate surface area is 205 Å². The van der Waals surface area contributed by atoms with Crippen LogP contribution >= 0.6 is 11.7 Å². The van der Waals surface area contributed by atoms with Gasteiger partial charge in [0.25, 0.3) is 12.1 Å². The fourth-order valence-corrected chi connectivity index (χ4v) is 4.95. The number of hydrogen-bond donors (Lipinski definition) is 0. The molecule has 0 amide bonds. The Hall–Kier alpha value is -1.73. The lowest BCUT2D eigenvalue weighted by Crippen LogP contribution is -2.57. The van der Waals surface area contributed by atoms with Gasteiger partial charge in [-0.1, -0.05) is 71.4 Å². The van der Waals surface area contributed by atoms with E-state index in [0.717, 1.165) is 49.1 Å². The summed E-state index contributed by atoms with van der Waals surface area (Å²) in [5, 5.41) is 0. The van der Waals surface area contributed by atoms with E-state index in [1.54, 1.807) is 0 Å². The number of ether oxygens (including phenoxy) is 2. The van der Waals surface area contributed by atoms with Crippen molar-refractivity contribution in [3.05, 3.63) is 23.9 Å². The van der Waals surface area contributed by atoms with Gasteiger partial charge in [-0.25, -0.2) is 0 Å². The molecule has 0 aromatic carbocycles. The SMILES string of the molecule is C=C(C)C(OC(=O)CCCCCCC)[N+]1(C)CCC=C(c2nsnc2OCCCCCC)C1. The van der Waals surface area contributed by atoms with Gasteiger partial charge >= 0.3 is 5.97 Å². The van der Waals surface area contributed by atoms with Gasteiger partial charge in [0.2, 0.25) is 0 Å². The Balaban J connectivity index is 1.99. The van der Waals surface area contributed by atoms with Gasteiger partial charge in [0.15, 0.2) is 0 Å². The van der Waals surface area contributed by atoms with Gasteiger partial charge in [0.05, 0.1) is 31.9 Å². The second-order valence-corrected chi connectivity index (χ2v) is 10.1. The first-order chi connectivity index (χ1) is 15.9. The summed E-state index contributed by atoms with van der Waals surface area (Å²) in [4.78, 5) is 12.6. The van der Waals surface area contributed by atoms with Crippen LogP contribution in [-0.4, -0.2) is 52.2 Å². The van der Waals surface area contributed by atoms with Crippen LogP contribution in [0.15, 0.2) is 18.2 Å². The van der Waals surface area contributed by atoms with Gasteiger partial charge in [0, 0.05) is 24.0 Å². The number of nitrogens with zero attached hydrogens (tertiary/aromatic N) is 3. The number of esters is 1. The third kappa shape index (κ3) is 8.85. The molecule has 1 aromatic heterocycles. The third-order valence-corrected chi connectivity index (χ3v) is 6.79. The number of aromatic nitrogens is 2. The summed E-state index contributed by atoms with van der Waals surface area (Å²) in [7, 11) is 2.14. The van der Waals surface area contributed by atoms with Crippen LogP contribution < -0.4 is 4.74 Å². The molecule has 7 heteroatoms. The third-order valence-electron chi connectivity index (χ3n) is 6.28. The minimum atomic E-state index is -0.359. The van der Waals surface area contributed by atoms with Gasteiger partial charge in [-0.3, -0.25) is 9.28 Å². The van der Waals surface area contributed by atoms with E-state index in [0.29, 0.717) is 29.9 Å². The standard InChI is InChI=1S/C26H44N3O3S/c1-6-8-10-12-13-17-23(30)32-26(21(3)4)29(5)18-15-16-22(20-29)24-25(28-33-27-24)31-19-14-11-9-7-2/h16,26H,3,6-15,17-20H2,1-2,4-5H3/q+1. The first-order valence-corrected chi connectivity index (χ1v) is 13.5. The van der Waals surface area contributed by atoms with E-state index in [1.165, 1.54) is 50.3 Å². The highest BCUT2D eigenvalue weighted by atomic mass is 32.1. The molecule has 0 aliphatic carbocycles. The summed E-state index contributed by atoms with van der Waals surface area (Å²) in [6.07, 6.45) is 13.4. The van der Waals surface area contributed by atoms with E-state index in [9.17, 15) is 4.79 Å². The van der Waals surface area contributed by atoms with E-state index in [1.807, 2.05) is 6.92 Å². The van der Waals surface area contributed by atoms with E-state index >= 15 is 0 Å². The zero-order chi connectivity index (χ0) is 24.1. The molecular formula is C26H44N3O3S+. The molecular weight excluding hydrogens is 434 g/mol. The lowest BCUT2D eigenvalue weighted by atomic mass is 10.0. The molecule has 0 spiro atoms. The van der Waals surface area contributed by atoms with Crippen molar-refractivity contribution in [1.82, 2.24) is 8.75 Å². The summed E-state index contributed by atoms with van der Waals surface area (Å²) < 4.78 is 21.5. The molecule has 0 N–H and O–H groups in total. The number of rotatable bonds is 16. The Bertz CT molecular complexity index is 777. The fourth-order valence-electron chi connectivity index (χ4n) is 4.42. The van der Waals surface area contributed by atoms with E-state index in [4.69, 9.17) is 9.47 Å². The number of quaternary nitrogens is 1. The van der Waals surface area contributed by atoms with Gasteiger partial charge < -0.3 is 9.47 Å². The second-order valence-electron chi connectivity index (χ2n) is 9.56. The normalized spacial score (nSPS) is 19.1. The molecule has 0 radical (unpaired) electrons. The van der Waals surface area contributed by atoms with Gasteiger partial charge in [-0.2, -0.15) is 4.37 Å². The van der Waals surface area contributed by atoms with Gasteiger partial charge in [-0.15, -0.1) is 4.37 Å². The van der Waals surface area contributed by atoms with Crippen molar-refractivity contribution in [2.24, 2.45) is 0 Å². The van der Waals surface area contributed by atoms with E-state index in [-0.39, 0.29) is 12.2 Å². The predicted molar refractivity (Wildman–Crippen MR) is 136 cm³/mol. The molecule has 33 heavy (non-hydrogen) atoms. The summed E-state index contributed by atoms with van der Waals surface area (Å²) in [6, 6.07) is 0. The van der Waals surface area contributed by atoms with Crippen LogP contribution in [0.25, 0.3) is 5.57 Å². The first kappa shape index (κ1) is 27.5. The number of unbranched alkanes of at least 4 members (excludes halogenated alkanes) is 7. The molecule has 2 unspecified atom stereocenters. The maximum Gasteiger partial charge on any atom is 0.310 e. The average Bonchev–Trinajstić information content (AvgIpc) is 3.25. The van der Waals surface area contributed by atoms with Crippen molar-refractivity contribution in [3.63, 3.8) is 0 Å². The van der Waals surface area contributed by atoms with Crippen LogP contribution in [-0.2, 0) is 9.53 Å². The van der Waals surface area contributed by atoms with Gasteiger partial charge in [0.1, 0.15) is 12.2 Å². The molecule has 1 aliphatic rings. The highest BCUT2D eigenvalue weighted by Gasteiger charge is 2.40. The Morgan fingerprint density at radius 2 is 1.82 bits per heavy atom. The average molecular weight is 479 g/mol. The molecule has 0 saturated carbocycles. The largest absolute Gasteiger partial charge is 0.475 e. The summed E-state index contributed by atoms with van der Waals surface area (Å²) in [5.74, 6) is 0.508. The molecule has 0 saturated heterocycles. The minimum Gasteiger partial charge on any atom is -0.475 e. The second kappa shape index (κ2) is 14.5. The number of likely N-dealkylation sites (N-methyl/N-ethyl adjacent to an activating group) is 1. The van der Waals surface area contributed by atoms with E-state index < -0.39 is 0 Å². The quantitative estimate of drug-likeness (QED) is 0.117. The number of carbonyl (C=O) groups excluding carboxylic acids is 1. The van der Waals surface area contributed by atoms with Crippen molar-refractivity contribution < 1.29 is 18.8 Å². The molecule has 1 aromatic rings. The maximum atomic E-state index is 12.6. The summed E-state index contributed by atoms with van der Waals surface area (Å²) in [6.45, 7) is 12.8. The highest BCUT2D eigenvalue weighted by Crippen LogP contribution is 2.33. The molecule has 2 rings (SSSR count). The van der Waals surface area contributed by atoms with E-state index in [2.05, 4.69) is 42.3 Å². The summed E-state index contributed by atoms with van der Waals surface area (Å²) >= 11 is 1.19. The Morgan fingerprint density at radius 1 is 1.12 bits per heavy atom. The molecule has 0 bridgehead atoms. The molecule has 2 heterocycles. The van der Waals surface area contributed by atoms with Crippen LogP contribution in [0, 0.1) is 0 Å². The predicted octanol–water partition coefficient (Wildman–Crippen LogP) is 6.54. The van der Waals surface area contributed by atoms with Crippen LogP contribution in [0.4, 0.5) is 0 Å². The smallest absolute Gasteiger partial charge is 0.310 e. The van der Waals surface area contributed by atoms with Gasteiger partial charge in [-0.05, 0) is 19.8 Å². The topological polar surface area (TPSA) is 61.3 Å². The molecule has 1 aliphatic heterocycles. The van der Waals surface area contributed by atoms with Crippen LogP contribution in [0.3, 0.4) is 0 Å². The lowest BCUT2D eigenvalue weighted by molar-refractivity contribution is -0.941. The zero-order valence-corrected chi connectivity index (χ0v) is 22.1. The highest BCUT2D eigenvalue weighted by molar-refractivity contribution is 6.99. The van der Waals surface area contributed by atoms with Crippen LogP contribution in [0.1, 0.15) is 97.1 Å².